The number of nitrogens with one attached hydrogen (secondary N) is 2. The summed E-state index contributed by atoms with van der Waals surface area (Å²) < 4.78 is 24.5. The molecule has 0 aliphatic rings. The lowest BCUT2D eigenvalue weighted by Crippen LogP contribution is -2.27. The molecule has 0 heterocycles. The zero-order valence-electron chi connectivity index (χ0n) is 15.8. The molecule has 0 saturated heterocycles. The summed E-state index contributed by atoms with van der Waals surface area (Å²) in [6, 6.07) is 10.7. The number of carbonyl (C=O) groups excluding carboxylic acids is 2. The topological polar surface area (TPSA) is 76.7 Å². The Hall–Kier alpha value is -3.09. The van der Waals surface area contributed by atoms with Crippen LogP contribution in [0.25, 0.3) is 0 Å². The van der Waals surface area contributed by atoms with Crippen LogP contribution in [0.15, 0.2) is 42.5 Å². The van der Waals surface area contributed by atoms with Crippen molar-refractivity contribution < 1.29 is 23.5 Å². The van der Waals surface area contributed by atoms with Crippen LogP contribution in [0.5, 0.6) is 5.75 Å². The van der Waals surface area contributed by atoms with Gasteiger partial charge in [-0.1, -0.05) is 12.1 Å². The SMILES string of the molecule is CCOc1ccccc1C(=O)Nc1ccc(F)c(NC(=O)OC(C)(C)C)c1. The Morgan fingerprint density at radius 1 is 1.07 bits per heavy atom. The van der Waals surface area contributed by atoms with E-state index in [1.54, 1.807) is 45.0 Å². The molecular formula is C20H23FN2O4. The highest BCUT2D eigenvalue weighted by atomic mass is 19.1. The third kappa shape index (κ3) is 5.99. The van der Waals surface area contributed by atoms with Gasteiger partial charge in [-0.05, 0) is 58.0 Å². The zero-order valence-corrected chi connectivity index (χ0v) is 15.8. The number of halogens is 1. The van der Waals surface area contributed by atoms with Gasteiger partial charge in [-0.3, -0.25) is 10.1 Å². The third-order valence-corrected chi connectivity index (χ3v) is 3.29. The quantitative estimate of drug-likeness (QED) is 0.786. The van der Waals surface area contributed by atoms with Crippen LogP contribution >= 0.6 is 0 Å². The molecule has 0 fully saturated rings. The maximum atomic E-state index is 14.0. The minimum Gasteiger partial charge on any atom is -0.493 e. The van der Waals surface area contributed by atoms with E-state index in [0.717, 1.165) is 6.07 Å². The number of rotatable bonds is 5. The molecular weight excluding hydrogens is 351 g/mol. The minimum absolute atomic E-state index is 0.0971. The summed E-state index contributed by atoms with van der Waals surface area (Å²) in [7, 11) is 0. The van der Waals surface area contributed by atoms with E-state index in [1.807, 2.05) is 6.92 Å². The Kier molecular flexibility index (Phi) is 6.39. The van der Waals surface area contributed by atoms with Crippen molar-refractivity contribution in [3.63, 3.8) is 0 Å². The molecule has 0 saturated carbocycles. The van der Waals surface area contributed by atoms with Crippen molar-refractivity contribution in [1.82, 2.24) is 0 Å². The molecule has 6 nitrogen and oxygen atoms in total. The van der Waals surface area contributed by atoms with E-state index in [9.17, 15) is 14.0 Å². The van der Waals surface area contributed by atoms with Gasteiger partial charge in [-0.15, -0.1) is 0 Å². The van der Waals surface area contributed by atoms with Crippen LogP contribution in [0, 0.1) is 5.82 Å². The fourth-order valence-corrected chi connectivity index (χ4v) is 2.25. The maximum Gasteiger partial charge on any atom is 0.412 e. The normalized spacial score (nSPS) is 10.9. The Labute approximate surface area is 157 Å². The van der Waals surface area contributed by atoms with E-state index in [-0.39, 0.29) is 5.69 Å². The first-order valence-electron chi connectivity index (χ1n) is 8.52. The number of hydrogen-bond acceptors (Lipinski definition) is 4. The third-order valence-electron chi connectivity index (χ3n) is 3.29. The van der Waals surface area contributed by atoms with Crippen molar-refractivity contribution in [2.75, 3.05) is 17.2 Å². The van der Waals surface area contributed by atoms with Crippen molar-refractivity contribution in [2.45, 2.75) is 33.3 Å². The van der Waals surface area contributed by atoms with Crippen LogP contribution in [-0.4, -0.2) is 24.2 Å². The first-order chi connectivity index (χ1) is 12.7. The molecule has 0 atom stereocenters. The molecule has 2 rings (SSSR count). The van der Waals surface area contributed by atoms with Crippen molar-refractivity contribution in [3.8, 4) is 5.75 Å². The molecule has 27 heavy (non-hydrogen) atoms. The molecule has 0 aromatic heterocycles. The van der Waals surface area contributed by atoms with Gasteiger partial charge in [0.15, 0.2) is 0 Å². The summed E-state index contributed by atoms with van der Waals surface area (Å²) in [4.78, 5) is 24.4. The van der Waals surface area contributed by atoms with Gasteiger partial charge in [0.05, 0.1) is 17.9 Å². The van der Waals surface area contributed by atoms with Gasteiger partial charge in [0.1, 0.15) is 17.2 Å². The van der Waals surface area contributed by atoms with Gasteiger partial charge in [0.25, 0.3) is 5.91 Å². The van der Waals surface area contributed by atoms with E-state index in [0.29, 0.717) is 23.6 Å². The van der Waals surface area contributed by atoms with Crippen LogP contribution < -0.4 is 15.4 Å². The Bertz CT molecular complexity index is 831. The average molecular weight is 374 g/mol. The molecule has 7 heteroatoms. The van der Waals surface area contributed by atoms with Gasteiger partial charge in [0, 0.05) is 5.69 Å². The van der Waals surface area contributed by atoms with Crippen molar-refractivity contribution in [1.29, 1.82) is 0 Å². The summed E-state index contributed by atoms with van der Waals surface area (Å²) in [6.45, 7) is 7.36. The molecule has 0 aliphatic heterocycles. The Morgan fingerprint density at radius 3 is 2.44 bits per heavy atom. The summed E-state index contributed by atoms with van der Waals surface area (Å²) in [5, 5.41) is 5.01. The number of ether oxygens (including phenoxy) is 2. The number of hydrogen-bond donors (Lipinski definition) is 2. The van der Waals surface area contributed by atoms with Crippen molar-refractivity contribution in [3.05, 3.63) is 53.8 Å². The summed E-state index contributed by atoms with van der Waals surface area (Å²) in [5.74, 6) is -0.603. The van der Waals surface area contributed by atoms with Gasteiger partial charge >= 0.3 is 6.09 Å². The van der Waals surface area contributed by atoms with Gasteiger partial charge in [0.2, 0.25) is 0 Å². The summed E-state index contributed by atoms with van der Waals surface area (Å²) in [5.41, 5.74) is -0.140. The van der Waals surface area contributed by atoms with E-state index >= 15 is 0 Å². The molecule has 2 aromatic carbocycles. The fraction of sp³-hybridized carbons (Fsp3) is 0.300. The lowest BCUT2D eigenvalue weighted by atomic mass is 10.1. The van der Waals surface area contributed by atoms with Crippen LogP contribution in [-0.2, 0) is 4.74 Å². The molecule has 2 aromatic rings. The van der Waals surface area contributed by atoms with Gasteiger partial charge in [-0.25, -0.2) is 9.18 Å². The molecule has 0 spiro atoms. The van der Waals surface area contributed by atoms with Crippen LogP contribution in [0.4, 0.5) is 20.6 Å². The highest BCUT2D eigenvalue weighted by Crippen LogP contribution is 2.23. The Morgan fingerprint density at radius 2 is 1.78 bits per heavy atom. The predicted molar refractivity (Wildman–Crippen MR) is 102 cm³/mol. The average Bonchev–Trinajstić information content (AvgIpc) is 2.57. The first-order valence-corrected chi connectivity index (χ1v) is 8.52. The Balaban J connectivity index is 2.16. The smallest absolute Gasteiger partial charge is 0.412 e. The van der Waals surface area contributed by atoms with Gasteiger partial charge in [-0.2, -0.15) is 0 Å². The lowest BCUT2D eigenvalue weighted by Gasteiger charge is -2.20. The maximum absolute atomic E-state index is 14.0. The second kappa shape index (κ2) is 8.53. The molecule has 0 radical (unpaired) electrons. The summed E-state index contributed by atoms with van der Waals surface area (Å²) in [6.07, 6.45) is -0.786. The molecule has 0 bridgehead atoms. The monoisotopic (exact) mass is 374 g/mol. The van der Waals surface area contributed by atoms with Crippen LogP contribution in [0.3, 0.4) is 0 Å². The first kappa shape index (κ1) is 20.2. The van der Waals surface area contributed by atoms with E-state index in [2.05, 4.69) is 10.6 Å². The van der Waals surface area contributed by atoms with Gasteiger partial charge < -0.3 is 14.8 Å². The lowest BCUT2D eigenvalue weighted by molar-refractivity contribution is 0.0635. The second-order valence-electron chi connectivity index (χ2n) is 6.70. The van der Waals surface area contributed by atoms with Crippen LogP contribution in [0.1, 0.15) is 38.1 Å². The molecule has 0 unspecified atom stereocenters. The number of amides is 2. The largest absolute Gasteiger partial charge is 0.493 e. The number of benzene rings is 2. The molecule has 144 valence electrons. The van der Waals surface area contributed by atoms with E-state index in [4.69, 9.17) is 9.47 Å². The van der Waals surface area contributed by atoms with Crippen molar-refractivity contribution >= 4 is 23.4 Å². The molecule has 0 aliphatic carbocycles. The van der Waals surface area contributed by atoms with Crippen LogP contribution in [0.2, 0.25) is 0 Å². The molecule has 2 N–H and O–H groups in total. The van der Waals surface area contributed by atoms with E-state index < -0.39 is 23.4 Å². The van der Waals surface area contributed by atoms with Crippen molar-refractivity contribution in [2.24, 2.45) is 0 Å². The highest BCUT2D eigenvalue weighted by molar-refractivity contribution is 6.06. The zero-order chi connectivity index (χ0) is 20.0. The summed E-state index contributed by atoms with van der Waals surface area (Å²) >= 11 is 0. The standard InChI is InChI=1S/C20H23FN2O4/c1-5-26-17-9-7-6-8-14(17)18(24)22-13-10-11-15(21)16(12-13)23-19(25)27-20(2,3)4/h6-12H,5H2,1-4H3,(H,22,24)(H,23,25). The number of para-hydroxylation sites is 1. The second-order valence-corrected chi connectivity index (χ2v) is 6.70. The number of anilines is 2. The highest BCUT2D eigenvalue weighted by Gasteiger charge is 2.18. The molecule has 2 amide bonds. The number of carbonyl (C=O) groups is 2. The fourth-order valence-electron chi connectivity index (χ4n) is 2.25. The predicted octanol–water partition coefficient (Wildman–Crippen LogP) is 4.82. The minimum atomic E-state index is -0.786. The van der Waals surface area contributed by atoms with E-state index in [1.165, 1.54) is 12.1 Å².